The molecule has 2 aliphatic heterocycles. The molecule has 5 aromatic heterocycles. The zero-order chi connectivity index (χ0) is 24.4. The number of aryl methyl sites for hydroxylation is 1. The molecule has 184 valence electrons. The topological polar surface area (TPSA) is 122 Å². The maximum absolute atomic E-state index is 13.1. The highest BCUT2D eigenvalue weighted by atomic mass is 32.1. The molecule has 2 N–H and O–H groups in total. The number of likely N-dealkylation sites (tertiary alicyclic amines) is 1. The molecule has 12 heteroatoms. The SMILES string of the molecule is Cn1cc(-c2cn3nc4c5ncc(NC(=O)CN6CCCCC67COC7)cc5[nH]c(=O)c4c3s2)cn1. The van der Waals surface area contributed by atoms with Crippen molar-refractivity contribution in [2.75, 3.05) is 31.6 Å². The predicted octanol–water partition coefficient (Wildman–Crippen LogP) is 2.38. The molecular weight excluding hydrogens is 480 g/mol. The fourth-order valence-electron chi connectivity index (χ4n) is 5.34. The van der Waals surface area contributed by atoms with E-state index in [1.807, 2.05) is 19.4 Å². The Labute approximate surface area is 208 Å². The Morgan fingerprint density at radius 3 is 2.92 bits per heavy atom. The Morgan fingerprint density at radius 1 is 1.25 bits per heavy atom. The highest BCUT2D eigenvalue weighted by molar-refractivity contribution is 7.21. The Hall–Kier alpha value is -3.61. The van der Waals surface area contributed by atoms with E-state index in [0.29, 0.717) is 47.4 Å². The third kappa shape index (κ3) is 3.36. The second-order valence-electron chi connectivity index (χ2n) is 9.69. The van der Waals surface area contributed by atoms with Gasteiger partial charge in [0, 0.05) is 25.0 Å². The molecule has 0 bridgehead atoms. The average Bonchev–Trinajstić information content (AvgIpc) is 3.52. The smallest absolute Gasteiger partial charge is 0.261 e. The summed E-state index contributed by atoms with van der Waals surface area (Å²) >= 11 is 1.49. The van der Waals surface area contributed by atoms with Crippen molar-refractivity contribution in [1.82, 2.24) is 34.3 Å². The summed E-state index contributed by atoms with van der Waals surface area (Å²) in [5, 5.41) is 12.3. The van der Waals surface area contributed by atoms with Crippen LogP contribution in [0.2, 0.25) is 0 Å². The number of nitrogens with one attached hydrogen (secondary N) is 2. The number of thiazole rings is 1. The molecule has 1 amide bonds. The zero-order valence-electron chi connectivity index (χ0n) is 19.7. The van der Waals surface area contributed by atoms with Crippen molar-refractivity contribution in [2.45, 2.75) is 24.8 Å². The van der Waals surface area contributed by atoms with E-state index in [1.54, 1.807) is 27.7 Å². The summed E-state index contributed by atoms with van der Waals surface area (Å²) < 4.78 is 8.92. The van der Waals surface area contributed by atoms with Gasteiger partial charge in [0.15, 0.2) is 0 Å². The Bertz CT molecular complexity index is 1710. The van der Waals surface area contributed by atoms with E-state index in [9.17, 15) is 9.59 Å². The van der Waals surface area contributed by atoms with E-state index >= 15 is 0 Å². The van der Waals surface area contributed by atoms with Gasteiger partial charge in [0.25, 0.3) is 5.56 Å². The first-order valence-electron chi connectivity index (χ1n) is 11.9. The minimum atomic E-state index is -0.238. The largest absolute Gasteiger partial charge is 0.377 e. The number of nitrogens with zero attached hydrogens (tertiary/aromatic N) is 6. The summed E-state index contributed by atoms with van der Waals surface area (Å²) in [5.41, 5.74) is 2.94. The van der Waals surface area contributed by atoms with Gasteiger partial charge in [0.1, 0.15) is 21.3 Å². The summed E-state index contributed by atoms with van der Waals surface area (Å²) in [7, 11) is 1.87. The predicted molar refractivity (Wildman–Crippen MR) is 136 cm³/mol. The van der Waals surface area contributed by atoms with Crippen LogP contribution >= 0.6 is 11.3 Å². The van der Waals surface area contributed by atoms with E-state index in [1.165, 1.54) is 17.8 Å². The number of hydrogen-bond donors (Lipinski definition) is 2. The molecule has 11 nitrogen and oxygen atoms in total. The lowest BCUT2D eigenvalue weighted by atomic mass is 9.85. The quantitative estimate of drug-likeness (QED) is 0.385. The van der Waals surface area contributed by atoms with Crippen LogP contribution in [0.4, 0.5) is 5.69 Å². The molecule has 0 saturated carbocycles. The van der Waals surface area contributed by atoms with Crippen molar-refractivity contribution in [3.05, 3.63) is 41.2 Å². The number of carbonyl (C=O) groups excluding carboxylic acids is 1. The number of amides is 1. The van der Waals surface area contributed by atoms with Gasteiger partial charge in [0.2, 0.25) is 5.91 Å². The molecule has 7 rings (SSSR count). The minimum Gasteiger partial charge on any atom is -0.377 e. The molecule has 2 aliphatic rings. The third-order valence-corrected chi connectivity index (χ3v) is 8.39. The first-order chi connectivity index (χ1) is 17.5. The van der Waals surface area contributed by atoms with Gasteiger partial charge in [0.05, 0.1) is 53.8 Å². The molecule has 7 heterocycles. The maximum atomic E-state index is 13.1. The molecule has 36 heavy (non-hydrogen) atoms. The van der Waals surface area contributed by atoms with Crippen LogP contribution in [-0.4, -0.2) is 72.0 Å². The monoisotopic (exact) mass is 504 g/mol. The van der Waals surface area contributed by atoms with Gasteiger partial charge in [-0.25, -0.2) is 4.52 Å². The van der Waals surface area contributed by atoms with Crippen LogP contribution in [0.3, 0.4) is 0 Å². The summed E-state index contributed by atoms with van der Waals surface area (Å²) in [6.07, 6.45) is 10.6. The molecule has 0 aromatic carbocycles. The number of rotatable bonds is 4. The van der Waals surface area contributed by atoms with Crippen molar-refractivity contribution in [3.63, 3.8) is 0 Å². The molecule has 2 fully saturated rings. The summed E-state index contributed by atoms with van der Waals surface area (Å²) in [6.45, 7) is 2.60. The molecule has 1 spiro atoms. The van der Waals surface area contributed by atoms with Crippen molar-refractivity contribution in [1.29, 1.82) is 0 Å². The number of fused-ring (bicyclic) bond motifs is 5. The number of hydrogen-bond acceptors (Lipinski definition) is 8. The van der Waals surface area contributed by atoms with Crippen molar-refractivity contribution in [2.24, 2.45) is 7.05 Å². The molecule has 0 aliphatic carbocycles. The Kier molecular flexibility index (Phi) is 4.78. The number of pyridine rings is 2. The number of piperidine rings is 1. The van der Waals surface area contributed by atoms with Crippen LogP contribution in [-0.2, 0) is 16.6 Å². The third-order valence-electron chi connectivity index (χ3n) is 7.24. The highest BCUT2D eigenvalue weighted by Gasteiger charge is 2.45. The van der Waals surface area contributed by atoms with Crippen molar-refractivity contribution >= 4 is 49.7 Å². The second kappa shape index (κ2) is 7.95. The molecule has 0 atom stereocenters. The van der Waals surface area contributed by atoms with Gasteiger partial charge in [-0.05, 0) is 25.5 Å². The first kappa shape index (κ1) is 21.7. The minimum absolute atomic E-state index is 0.0128. The Morgan fingerprint density at radius 2 is 2.14 bits per heavy atom. The Balaban J connectivity index is 1.19. The van der Waals surface area contributed by atoms with Gasteiger partial charge in [-0.1, -0.05) is 6.42 Å². The van der Waals surface area contributed by atoms with Crippen LogP contribution in [0.1, 0.15) is 19.3 Å². The summed E-state index contributed by atoms with van der Waals surface area (Å²) in [6, 6.07) is 1.74. The standard InChI is InChI=1S/C24H24N8O3S/c1-30-9-14(7-26-30)17-10-32-23(36-17)19-21(29-32)20-16(28-22(19)34)6-15(8-25-20)27-18(33)11-31-5-3-2-4-24(31)12-35-13-24/h6-10H,2-5,11-13H2,1H3,(H,27,33)(H,28,34). The van der Waals surface area contributed by atoms with E-state index in [2.05, 4.69) is 30.4 Å². The lowest BCUT2D eigenvalue weighted by Gasteiger charge is -2.52. The highest BCUT2D eigenvalue weighted by Crippen LogP contribution is 2.35. The van der Waals surface area contributed by atoms with Crippen LogP contribution in [0.5, 0.6) is 0 Å². The second-order valence-corrected chi connectivity index (χ2v) is 10.7. The lowest BCUT2D eigenvalue weighted by molar-refractivity contribution is -0.159. The van der Waals surface area contributed by atoms with E-state index in [4.69, 9.17) is 4.74 Å². The van der Waals surface area contributed by atoms with E-state index in [-0.39, 0.29) is 17.0 Å². The van der Waals surface area contributed by atoms with Gasteiger partial charge >= 0.3 is 0 Å². The molecule has 5 aromatic rings. The van der Waals surface area contributed by atoms with E-state index < -0.39 is 0 Å². The number of anilines is 1. The van der Waals surface area contributed by atoms with Gasteiger partial charge in [-0.2, -0.15) is 10.2 Å². The lowest BCUT2D eigenvalue weighted by Crippen LogP contribution is -2.65. The van der Waals surface area contributed by atoms with Crippen molar-refractivity contribution < 1.29 is 9.53 Å². The number of carbonyl (C=O) groups is 1. The first-order valence-corrected chi connectivity index (χ1v) is 12.8. The fraction of sp³-hybridized carbons (Fsp3) is 0.375. The van der Waals surface area contributed by atoms with Gasteiger partial charge in [-0.15, -0.1) is 11.3 Å². The van der Waals surface area contributed by atoms with E-state index in [0.717, 1.165) is 34.7 Å². The molecule has 2 saturated heterocycles. The number of ether oxygens (including phenoxy) is 1. The van der Waals surface area contributed by atoms with Crippen LogP contribution in [0.15, 0.2) is 35.6 Å². The maximum Gasteiger partial charge on any atom is 0.261 e. The number of aromatic amines is 1. The van der Waals surface area contributed by atoms with Gasteiger partial charge < -0.3 is 15.0 Å². The molecule has 0 unspecified atom stereocenters. The number of H-pyrrole nitrogens is 1. The zero-order valence-corrected chi connectivity index (χ0v) is 20.5. The molecular formula is C24H24N8O3S. The fourth-order valence-corrected chi connectivity index (χ4v) is 6.40. The summed E-state index contributed by atoms with van der Waals surface area (Å²) in [5.74, 6) is -0.0989. The summed E-state index contributed by atoms with van der Waals surface area (Å²) in [4.78, 5) is 37.4. The van der Waals surface area contributed by atoms with Crippen LogP contribution < -0.4 is 10.9 Å². The van der Waals surface area contributed by atoms with Crippen molar-refractivity contribution in [3.8, 4) is 10.4 Å². The molecule has 0 radical (unpaired) electrons. The average molecular weight is 505 g/mol. The van der Waals surface area contributed by atoms with Crippen LogP contribution in [0.25, 0.3) is 37.2 Å². The van der Waals surface area contributed by atoms with Gasteiger partial charge in [-0.3, -0.25) is 24.2 Å². The van der Waals surface area contributed by atoms with Crippen LogP contribution in [0, 0.1) is 0 Å². The number of aromatic nitrogens is 6. The normalized spacial score (nSPS) is 17.8.